The van der Waals surface area contributed by atoms with Crippen LogP contribution in [0.2, 0.25) is 0 Å². The fraction of sp³-hybridized carbons (Fsp3) is 0.375. The molecule has 0 aliphatic rings. The number of nitrogens with zero attached hydrogens (tertiary/aromatic N) is 1. The van der Waals surface area contributed by atoms with Gasteiger partial charge < -0.3 is 4.74 Å². The van der Waals surface area contributed by atoms with Crippen LogP contribution < -0.4 is 0 Å². The van der Waals surface area contributed by atoms with Crippen molar-refractivity contribution in [3.8, 4) is 10.6 Å². The fourth-order valence-corrected chi connectivity index (χ4v) is 3.35. The smallest absolute Gasteiger partial charge is 0.340 e. The van der Waals surface area contributed by atoms with Crippen molar-refractivity contribution in [2.24, 2.45) is 0 Å². The number of rotatable bonds is 3. The first kappa shape index (κ1) is 16.2. The summed E-state index contributed by atoms with van der Waals surface area (Å²) < 4.78 is 6.19. The minimum Gasteiger partial charge on any atom is -0.462 e. The molecule has 5 heteroatoms. The maximum atomic E-state index is 12.1. The lowest BCUT2D eigenvalue weighted by molar-refractivity contribution is 0.0523. The maximum Gasteiger partial charge on any atom is 0.340 e. The highest BCUT2D eigenvalue weighted by Gasteiger charge is 2.25. The van der Waals surface area contributed by atoms with Gasteiger partial charge in [0.1, 0.15) is 0 Å². The van der Waals surface area contributed by atoms with Gasteiger partial charge in [0, 0.05) is 5.41 Å². The van der Waals surface area contributed by atoms with E-state index in [2.05, 4.69) is 15.9 Å². The summed E-state index contributed by atoms with van der Waals surface area (Å²) in [6, 6.07) is 7.71. The zero-order valence-electron chi connectivity index (χ0n) is 12.6. The molecule has 0 aliphatic heterocycles. The normalized spacial score (nSPS) is 11.5. The number of aromatic nitrogens is 1. The average Bonchev–Trinajstić information content (AvgIpc) is 2.84. The summed E-state index contributed by atoms with van der Waals surface area (Å²) in [6.07, 6.45) is 0. The van der Waals surface area contributed by atoms with E-state index in [9.17, 15) is 4.79 Å². The molecule has 0 bridgehead atoms. The molecular formula is C16H18BrNO2S. The van der Waals surface area contributed by atoms with Crippen LogP contribution in [0.4, 0.5) is 0 Å². The number of hydrogen-bond donors (Lipinski definition) is 0. The standard InChI is InChI=1S/C16H18BrNO2S/c1-5-20-15(19)10-6-7-11(12-8-9-13(17)21-12)18-14(10)16(2,3)4/h6-9H,5H2,1-4H3. The van der Waals surface area contributed by atoms with Crippen LogP contribution in [-0.2, 0) is 10.2 Å². The molecule has 2 aromatic heterocycles. The zero-order valence-corrected chi connectivity index (χ0v) is 15.0. The Morgan fingerprint density at radius 3 is 2.52 bits per heavy atom. The quantitative estimate of drug-likeness (QED) is 0.712. The number of esters is 1. The van der Waals surface area contributed by atoms with Crippen molar-refractivity contribution in [3.63, 3.8) is 0 Å². The van der Waals surface area contributed by atoms with Crippen molar-refractivity contribution < 1.29 is 9.53 Å². The lowest BCUT2D eigenvalue weighted by Gasteiger charge is -2.21. The van der Waals surface area contributed by atoms with Crippen LogP contribution in [0, 0.1) is 0 Å². The lowest BCUT2D eigenvalue weighted by Crippen LogP contribution is -2.20. The van der Waals surface area contributed by atoms with Gasteiger partial charge >= 0.3 is 5.97 Å². The average molecular weight is 368 g/mol. The Balaban J connectivity index is 2.52. The van der Waals surface area contributed by atoms with Gasteiger partial charge in [0.15, 0.2) is 0 Å². The molecule has 3 nitrogen and oxygen atoms in total. The third-order valence-electron chi connectivity index (χ3n) is 2.93. The number of hydrogen-bond acceptors (Lipinski definition) is 4. The van der Waals surface area contributed by atoms with Crippen LogP contribution in [-0.4, -0.2) is 17.6 Å². The monoisotopic (exact) mass is 367 g/mol. The molecule has 0 radical (unpaired) electrons. The van der Waals surface area contributed by atoms with Gasteiger partial charge in [-0.1, -0.05) is 20.8 Å². The topological polar surface area (TPSA) is 39.2 Å². The summed E-state index contributed by atoms with van der Waals surface area (Å²) in [5.41, 5.74) is 1.96. The minimum absolute atomic E-state index is 0.230. The largest absolute Gasteiger partial charge is 0.462 e. The first-order chi connectivity index (χ1) is 9.82. The molecule has 0 spiro atoms. The van der Waals surface area contributed by atoms with E-state index in [0.717, 1.165) is 20.1 Å². The molecule has 21 heavy (non-hydrogen) atoms. The summed E-state index contributed by atoms with van der Waals surface area (Å²) >= 11 is 5.08. The third kappa shape index (κ3) is 3.71. The molecule has 0 aromatic carbocycles. The van der Waals surface area contributed by atoms with Crippen molar-refractivity contribution in [2.75, 3.05) is 6.61 Å². The van der Waals surface area contributed by atoms with Gasteiger partial charge in [0.2, 0.25) is 0 Å². The van der Waals surface area contributed by atoms with Crippen LogP contribution in [0.5, 0.6) is 0 Å². The number of ether oxygens (including phenoxy) is 1. The summed E-state index contributed by atoms with van der Waals surface area (Å²) in [5.74, 6) is -0.311. The highest BCUT2D eigenvalue weighted by Crippen LogP contribution is 2.33. The summed E-state index contributed by atoms with van der Waals surface area (Å²) in [6.45, 7) is 8.31. The van der Waals surface area contributed by atoms with Gasteiger partial charge in [-0.2, -0.15) is 0 Å². The van der Waals surface area contributed by atoms with E-state index in [4.69, 9.17) is 9.72 Å². The minimum atomic E-state index is -0.311. The Labute approximate surface area is 137 Å². The summed E-state index contributed by atoms with van der Waals surface area (Å²) in [4.78, 5) is 17.9. The molecule has 112 valence electrons. The van der Waals surface area contributed by atoms with Crippen LogP contribution in [0.1, 0.15) is 43.7 Å². The van der Waals surface area contributed by atoms with Gasteiger partial charge in [-0.15, -0.1) is 11.3 Å². The fourth-order valence-electron chi connectivity index (χ4n) is 1.99. The number of pyridine rings is 1. The van der Waals surface area contributed by atoms with Crippen molar-refractivity contribution >= 4 is 33.2 Å². The van der Waals surface area contributed by atoms with Crippen molar-refractivity contribution in [2.45, 2.75) is 33.1 Å². The van der Waals surface area contributed by atoms with E-state index in [1.165, 1.54) is 0 Å². The van der Waals surface area contributed by atoms with Gasteiger partial charge in [-0.25, -0.2) is 4.79 Å². The van der Waals surface area contributed by atoms with Crippen molar-refractivity contribution in [3.05, 3.63) is 39.3 Å². The number of carbonyl (C=O) groups is 1. The molecule has 0 amide bonds. The van der Waals surface area contributed by atoms with E-state index in [1.54, 1.807) is 18.3 Å². The molecule has 0 N–H and O–H groups in total. The Bertz CT molecular complexity index is 659. The Kier molecular flexibility index (Phi) is 4.84. The molecule has 0 saturated carbocycles. The summed E-state index contributed by atoms with van der Waals surface area (Å²) in [5, 5.41) is 0. The number of halogens is 1. The molecule has 2 aromatic rings. The molecule has 0 atom stereocenters. The van der Waals surface area contributed by atoms with Gasteiger partial charge in [-0.3, -0.25) is 4.98 Å². The lowest BCUT2D eigenvalue weighted by atomic mass is 9.88. The molecule has 2 rings (SSSR count). The van der Waals surface area contributed by atoms with E-state index < -0.39 is 0 Å². The Morgan fingerprint density at radius 1 is 1.29 bits per heavy atom. The number of thiophene rings is 1. The molecule has 0 aliphatic carbocycles. The van der Waals surface area contributed by atoms with Crippen LogP contribution >= 0.6 is 27.3 Å². The van der Waals surface area contributed by atoms with Crippen LogP contribution in [0.15, 0.2) is 28.1 Å². The van der Waals surface area contributed by atoms with E-state index >= 15 is 0 Å². The second-order valence-electron chi connectivity index (χ2n) is 5.67. The Hall–Kier alpha value is -1.20. The van der Waals surface area contributed by atoms with Crippen molar-refractivity contribution in [1.82, 2.24) is 4.98 Å². The van der Waals surface area contributed by atoms with E-state index in [1.807, 2.05) is 45.0 Å². The van der Waals surface area contributed by atoms with Gasteiger partial charge in [0.05, 0.1) is 32.2 Å². The molecule has 0 unspecified atom stereocenters. The number of carbonyl (C=O) groups excluding carboxylic acids is 1. The molecular weight excluding hydrogens is 350 g/mol. The van der Waals surface area contributed by atoms with Crippen molar-refractivity contribution in [1.29, 1.82) is 0 Å². The second-order valence-corrected chi connectivity index (χ2v) is 8.13. The third-order valence-corrected chi connectivity index (χ3v) is 4.57. The Morgan fingerprint density at radius 2 is 2.00 bits per heavy atom. The van der Waals surface area contributed by atoms with E-state index in [0.29, 0.717) is 12.2 Å². The molecule has 0 saturated heterocycles. The highest BCUT2D eigenvalue weighted by molar-refractivity contribution is 9.11. The molecule has 2 heterocycles. The van der Waals surface area contributed by atoms with Gasteiger partial charge in [-0.05, 0) is 47.1 Å². The first-order valence-corrected chi connectivity index (χ1v) is 8.38. The predicted octanol–water partition coefficient (Wildman–Crippen LogP) is 5.05. The molecule has 0 fully saturated rings. The SMILES string of the molecule is CCOC(=O)c1ccc(-c2ccc(Br)s2)nc1C(C)(C)C. The maximum absolute atomic E-state index is 12.1. The zero-order chi connectivity index (χ0) is 15.6. The van der Waals surface area contributed by atoms with E-state index in [-0.39, 0.29) is 11.4 Å². The predicted molar refractivity (Wildman–Crippen MR) is 89.9 cm³/mol. The van der Waals surface area contributed by atoms with Gasteiger partial charge in [0.25, 0.3) is 0 Å². The van der Waals surface area contributed by atoms with Crippen LogP contribution in [0.25, 0.3) is 10.6 Å². The second kappa shape index (κ2) is 6.28. The summed E-state index contributed by atoms with van der Waals surface area (Å²) in [7, 11) is 0. The first-order valence-electron chi connectivity index (χ1n) is 6.77. The highest BCUT2D eigenvalue weighted by atomic mass is 79.9. The van der Waals surface area contributed by atoms with Crippen LogP contribution in [0.3, 0.4) is 0 Å².